The molecular weight excluding hydrogens is 302 g/mol. The Morgan fingerprint density at radius 3 is 1.67 bits per heavy atom. The van der Waals surface area contributed by atoms with Gasteiger partial charge in [0.15, 0.2) is 0 Å². The van der Waals surface area contributed by atoms with Crippen LogP contribution in [-0.2, 0) is 4.79 Å². The second-order valence-electron chi connectivity index (χ2n) is 6.24. The number of aliphatic hydroxyl groups excluding tert-OH is 1. The number of aliphatic carboxylic acids is 1. The van der Waals surface area contributed by atoms with Gasteiger partial charge < -0.3 is 15.9 Å². The van der Waals surface area contributed by atoms with E-state index in [1.165, 1.54) is 70.6 Å². The minimum atomic E-state index is -0.664. The van der Waals surface area contributed by atoms with Gasteiger partial charge in [-0.25, -0.2) is 0 Å². The van der Waals surface area contributed by atoms with E-state index in [1.54, 1.807) is 0 Å². The van der Waals surface area contributed by atoms with Crippen LogP contribution in [0.3, 0.4) is 0 Å². The average Bonchev–Trinajstić information content (AvgIpc) is 2.58. The Balaban J connectivity index is 0. The molecule has 0 unspecified atom stereocenters. The van der Waals surface area contributed by atoms with Crippen molar-refractivity contribution in [2.75, 3.05) is 13.2 Å². The van der Waals surface area contributed by atoms with Crippen molar-refractivity contribution in [3.8, 4) is 0 Å². The van der Waals surface area contributed by atoms with Gasteiger partial charge in [-0.05, 0) is 32.1 Å². The first-order valence-corrected chi connectivity index (χ1v) is 9.86. The molecule has 144 valence electrons. The summed E-state index contributed by atoms with van der Waals surface area (Å²) in [6, 6.07) is 0. The van der Waals surface area contributed by atoms with E-state index in [1.807, 2.05) is 0 Å². The molecule has 4 heteroatoms. The molecule has 24 heavy (non-hydrogen) atoms. The lowest BCUT2D eigenvalue weighted by Crippen LogP contribution is -2.02. The maximum absolute atomic E-state index is 10.3. The molecule has 0 aliphatic heterocycles. The highest BCUT2D eigenvalue weighted by Gasteiger charge is 1.95. The number of hydrogen-bond donors (Lipinski definition) is 3. The summed E-state index contributed by atoms with van der Waals surface area (Å²) in [6.45, 7) is 2.73. The number of hydrogen-bond acceptors (Lipinski definition) is 3. The topological polar surface area (TPSA) is 83.5 Å². The van der Waals surface area contributed by atoms with Crippen LogP contribution in [0, 0.1) is 0 Å². The summed E-state index contributed by atoms with van der Waals surface area (Å²) in [7, 11) is 0. The fourth-order valence-electron chi connectivity index (χ4n) is 2.35. The fraction of sp³-hybridized carbons (Fsp3) is 0.850. The molecule has 0 atom stereocenters. The summed E-state index contributed by atoms with van der Waals surface area (Å²) < 4.78 is 0. The van der Waals surface area contributed by atoms with Gasteiger partial charge in [0.05, 0.1) is 6.61 Å². The summed E-state index contributed by atoms with van der Waals surface area (Å²) >= 11 is 0. The summed E-state index contributed by atoms with van der Waals surface area (Å²) in [6.07, 6.45) is 21.2. The van der Waals surface area contributed by atoms with Crippen LogP contribution in [0.1, 0.15) is 96.8 Å². The van der Waals surface area contributed by atoms with E-state index in [2.05, 4.69) is 19.1 Å². The fourth-order valence-corrected chi connectivity index (χ4v) is 2.35. The molecule has 0 amide bonds. The molecule has 0 spiro atoms. The van der Waals surface area contributed by atoms with Crippen molar-refractivity contribution in [3.63, 3.8) is 0 Å². The van der Waals surface area contributed by atoms with Gasteiger partial charge in [0.2, 0.25) is 0 Å². The molecule has 0 aliphatic carbocycles. The standard InChI is InChI=1S/C18H34O2.C2H7NO/c1-2-3-4-5-6-7-8-9-10-11-12-13-14-15-16-17-18(19)20;3-1-2-4/h9-10H,2-8,11-17H2,1H3,(H,19,20);4H,1-3H2/b10-9+;. The Kier molecular flexibility index (Phi) is 25.8. The van der Waals surface area contributed by atoms with Crippen molar-refractivity contribution >= 4 is 5.97 Å². The molecule has 0 aromatic carbocycles. The Bertz CT molecular complexity index is 266. The van der Waals surface area contributed by atoms with Gasteiger partial charge in [-0.3, -0.25) is 4.79 Å². The lowest BCUT2D eigenvalue weighted by molar-refractivity contribution is -0.137. The quantitative estimate of drug-likeness (QED) is 0.270. The van der Waals surface area contributed by atoms with Gasteiger partial charge in [-0.15, -0.1) is 0 Å². The van der Waals surface area contributed by atoms with Crippen LogP contribution in [0.2, 0.25) is 0 Å². The summed E-state index contributed by atoms with van der Waals surface area (Å²) in [5.41, 5.74) is 4.78. The van der Waals surface area contributed by atoms with Crippen LogP contribution in [0.5, 0.6) is 0 Å². The number of unbranched alkanes of at least 4 members (excludes halogenated alkanes) is 11. The van der Waals surface area contributed by atoms with Crippen LogP contribution < -0.4 is 5.73 Å². The molecule has 4 N–H and O–H groups in total. The van der Waals surface area contributed by atoms with Crippen LogP contribution in [0.25, 0.3) is 0 Å². The Hall–Kier alpha value is -0.870. The summed E-state index contributed by atoms with van der Waals surface area (Å²) in [5, 5.41) is 16.3. The predicted octanol–water partition coefficient (Wildman–Crippen LogP) is 5.05. The van der Waals surface area contributed by atoms with E-state index in [0.717, 1.165) is 12.8 Å². The van der Waals surface area contributed by atoms with Gasteiger partial charge >= 0.3 is 5.97 Å². The van der Waals surface area contributed by atoms with Crippen molar-refractivity contribution in [1.82, 2.24) is 0 Å². The SMILES string of the molecule is CCCCCCCC/C=C/CCCCCCCC(=O)O.NCCO. The van der Waals surface area contributed by atoms with Crippen LogP contribution in [0.15, 0.2) is 12.2 Å². The van der Waals surface area contributed by atoms with Crippen molar-refractivity contribution in [2.24, 2.45) is 5.73 Å². The van der Waals surface area contributed by atoms with Crippen molar-refractivity contribution in [2.45, 2.75) is 96.8 Å². The monoisotopic (exact) mass is 343 g/mol. The largest absolute Gasteiger partial charge is 0.481 e. The van der Waals surface area contributed by atoms with Gasteiger partial charge in [0.25, 0.3) is 0 Å². The zero-order chi connectivity index (χ0) is 18.3. The molecule has 0 radical (unpaired) electrons. The van der Waals surface area contributed by atoms with E-state index >= 15 is 0 Å². The highest BCUT2D eigenvalue weighted by atomic mass is 16.4. The number of allylic oxidation sites excluding steroid dienone is 2. The number of nitrogens with two attached hydrogens (primary N) is 1. The molecule has 0 aliphatic rings. The van der Waals surface area contributed by atoms with Crippen LogP contribution >= 0.6 is 0 Å². The lowest BCUT2D eigenvalue weighted by Gasteiger charge is -1.99. The maximum Gasteiger partial charge on any atom is 0.303 e. The Morgan fingerprint density at radius 1 is 0.833 bits per heavy atom. The van der Waals surface area contributed by atoms with E-state index in [0.29, 0.717) is 13.0 Å². The van der Waals surface area contributed by atoms with Crippen molar-refractivity contribution in [3.05, 3.63) is 12.2 Å². The Labute approximate surface area is 149 Å². The minimum Gasteiger partial charge on any atom is -0.481 e. The molecule has 0 heterocycles. The van der Waals surface area contributed by atoms with Crippen LogP contribution in [-0.4, -0.2) is 29.3 Å². The third-order valence-electron chi connectivity index (χ3n) is 3.78. The third-order valence-corrected chi connectivity index (χ3v) is 3.78. The van der Waals surface area contributed by atoms with Gasteiger partial charge in [-0.2, -0.15) is 0 Å². The minimum absolute atomic E-state index is 0.0972. The number of rotatable bonds is 16. The zero-order valence-corrected chi connectivity index (χ0v) is 15.8. The van der Waals surface area contributed by atoms with Gasteiger partial charge in [0.1, 0.15) is 0 Å². The van der Waals surface area contributed by atoms with E-state index in [4.69, 9.17) is 15.9 Å². The van der Waals surface area contributed by atoms with Crippen molar-refractivity contribution < 1.29 is 15.0 Å². The first kappa shape index (κ1) is 25.4. The molecule has 0 saturated carbocycles. The van der Waals surface area contributed by atoms with Gasteiger partial charge in [-0.1, -0.05) is 70.4 Å². The number of carboxylic acid groups (broad SMARTS) is 1. The normalized spacial score (nSPS) is 10.6. The predicted molar refractivity (Wildman–Crippen MR) is 103 cm³/mol. The number of carbonyl (C=O) groups is 1. The van der Waals surface area contributed by atoms with Crippen molar-refractivity contribution in [1.29, 1.82) is 0 Å². The first-order chi connectivity index (χ1) is 11.7. The molecule has 0 saturated heterocycles. The van der Waals surface area contributed by atoms with E-state index in [9.17, 15) is 4.79 Å². The molecule has 0 aromatic heterocycles. The smallest absolute Gasteiger partial charge is 0.303 e. The summed E-state index contributed by atoms with van der Waals surface area (Å²) in [5.74, 6) is -0.664. The highest BCUT2D eigenvalue weighted by molar-refractivity contribution is 5.66. The number of carboxylic acids is 1. The van der Waals surface area contributed by atoms with E-state index in [-0.39, 0.29) is 6.61 Å². The summed E-state index contributed by atoms with van der Waals surface area (Å²) in [4.78, 5) is 10.3. The van der Waals surface area contributed by atoms with E-state index < -0.39 is 5.97 Å². The second-order valence-corrected chi connectivity index (χ2v) is 6.24. The molecule has 0 fully saturated rings. The lowest BCUT2D eigenvalue weighted by atomic mass is 10.1. The van der Waals surface area contributed by atoms with Gasteiger partial charge in [0, 0.05) is 13.0 Å². The molecule has 0 rings (SSSR count). The molecule has 0 aromatic rings. The van der Waals surface area contributed by atoms with Crippen LogP contribution in [0.4, 0.5) is 0 Å². The molecular formula is C20H41NO3. The molecule has 4 nitrogen and oxygen atoms in total. The maximum atomic E-state index is 10.3. The third kappa shape index (κ3) is 29.2. The zero-order valence-electron chi connectivity index (χ0n) is 15.8. The second kappa shape index (κ2) is 24.4. The Morgan fingerprint density at radius 2 is 1.25 bits per heavy atom. The highest BCUT2D eigenvalue weighted by Crippen LogP contribution is 2.09. The average molecular weight is 344 g/mol. The first-order valence-electron chi connectivity index (χ1n) is 9.86. The number of aliphatic hydroxyl groups is 1. The molecule has 0 bridgehead atoms.